The lowest BCUT2D eigenvalue weighted by atomic mass is 10.2. The van der Waals surface area contributed by atoms with Gasteiger partial charge in [-0.05, 0) is 31.2 Å². The second-order valence-electron chi connectivity index (χ2n) is 4.34. The van der Waals surface area contributed by atoms with E-state index in [1.54, 1.807) is 24.1 Å². The summed E-state index contributed by atoms with van der Waals surface area (Å²) in [5, 5.41) is 11.1. The molecular weight excluding hydrogens is 246 g/mol. The van der Waals surface area contributed by atoms with Crippen LogP contribution in [0.2, 0.25) is 0 Å². The molecule has 2 aromatic rings. The summed E-state index contributed by atoms with van der Waals surface area (Å²) < 4.78 is 5.46. The Morgan fingerprint density at radius 3 is 2.68 bits per heavy atom. The van der Waals surface area contributed by atoms with Gasteiger partial charge in [0, 0.05) is 7.05 Å². The topological polar surface area (TPSA) is 85.5 Å². The number of anilines is 2. The van der Waals surface area contributed by atoms with Crippen LogP contribution in [-0.2, 0) is 6.54 Å². The first kappa shape index (κ1) is 12.9. The number of nitrogen functional groups attached to an aromatic ring is 1. The summed E-state index contributed by atoms with van der Waals surface area (Å²) in [5.74, 6) is 1.56. The molecule has 0 radical (unpaired) electrons. The molecule has 19 heavy (non-hydrogen) atoms. The zero-order chi connectivity index (χ0) is 14.0. The van der Waals surface area contributed by atoms with Gasteiger partial charge in [0.15, 0.2) is 0 Å². The summed E-state index contributed by atoms with van der Waals surface area (Å²) in [6, 6.07) is 8.60. The maximum atomic E-state index is 11.1. The molecule has 0 atom stereocenters. The van der Waals surface area contributed by atoms with Crippen molar-refractivity contribution in [2.45, 2.75) is 13.5 Å². The second kappa shape index (κ2) is 5.01. The Morgan fingerprint density at radius 1 is 1.37 bits per heavy atom. The number of nitro benzene ring substituents is 1. The van der Waals surface area contributed by atoms with Gasteiger partial charge in [0.2, 0.25) is 0 Å². The van der Waals surface area contributed by atoms with Crippen molar-refractivity contribution in [1.82, 2.24) is 0 Å². The van der Waals surface area contributed by atoms with Crippen LogP contribution in [-0.4, -0.2) is 12.0 Å². The highest BCUT2D eigenvalue weighted by Gasteiger charge is 2.21. The predicted octanol–water partition coefficient (Wildman–Crippen LogP) is 2.71. The number of para-hydroxylation sites is 1. The maximum absolute atomic E-state index is 11.1. The molecule has 0 aliphatic rings. The smallest absolute Gasteiger partial charge is 0.315 e. The van der Waals surface area contributed by atoms with Gasteiger partial charge in [-0.15, -0.1) is 0 Å². The van der Waals surface area contributed by atoms with E-state index in [2.05, 4.69) is 0 Å². The Bertz CT molecular complexity index is 607. The number of hydrogen-bond acceptors (Lipinski definition) is 5. The minimum atomic E-state index is -0.464. The average Bonchev–Trinajstić information content (AvgIpc) is 2.73. The van der Waals surface area contributed by atoms with Gasteiger partial charge in [-0.25, -0.2) is 0 Å². The van der Waals surface area contributed by atoms with Gasteiger partial charge in [-0.1, -0.05) is 6.07 Å². The normalized spacial score (nSPS) is 10.4. The van der Waals surface area contributed by atoms with Gasteiger partial charge in [0.1, 0.15) is 22.9 Å². The van der Waals surface area contributed by atoms with E-state index in [0.29, 0.717) is 12.2 Å². The molecule has 6 heteroatoms. The third kappa shape index (κ3) is 2.67. The number of aryl methyl sites for hydroxylation is 1. The molecule has 2 N–H and O–H groups in total. The zero-order valence-electron chi connectivity index (χ0n) is 10.8. The summed E-state index contributed by atoms with van der Waals surface area (Å²) in [4.78, 5) is 12.4. The lowest BCUT2D eigenvalue weighted by Gasteiger charge is -2.18. The van der Waals surface area contributed by atoms with Crippen LogP contribution >= 0.6 is 0 Å². The second-order valence-corrected chi connectivity index (χ2v) is 4.34. The van der Waals surface area contributed by atoms with Crippen molar-refractivity contribution in [1.29, 1.82) is 0 Å². The van der Waals surface area contributed by atoms with E-state index in [1.165, 1.54) is 6.07 Å². The van der Waals surface area contributed by atoms with Crippen molar-refractivity contribution in [2.75, 3.05) is 17.7 Å². The van der Waals surface area contributed by atoms with Crippen LogP contribution in [0.1, 0.15) is 11.5 Å². The van der Waals surface area contributed by atoms with Gasteiger partial charge in [-0.2, -0.15) is 0 Å². The number of furan rings is 1. The average molecular weight is 261 g/mol. The first-order valence-electron chi connectivity index (χ1n) is 5.78. The Hall–Kier alpha value is -2.50. The standard InChI is InChI=1S/C13H15N3O3/c1-9-6-7-10(19-9)8-15(2)12-5-3-4-11(14)13(12)16(17)18/h3-7H,8,14H2,1-2H3. The predicted molar refractivity (Wildman–Crippen MR) is 73.1 cm³/mol. The molecular formula is C13H15N3O3. The fraction of sp³-hybridized carbons (Fsp3) is 0.231. The molecule has 1 heterocycles. The van der Waals surface area contributed by atoms with Crippen LogP contribution in [0.5, 0.6) is 0 Å². The van der Waals surface area contributed by atoms with Gasteiger partial charge < -0.3 is 15.1 Å². The number of benzene rings is 1. The van der Waals surface area contributed by atoms with Crippen molar-refractivity contribution >= 4 is 17.1 Å². The highest BCUT2D eigenvalue weighted by atomic mass is 16.6. The van der Waals surface area contributed by atoms with Gasteiger partial charge in [0.25, 0.3) is 0 Å². The molecule has 0 aliphatic carbocycles. The van der Waals surface area contributed by atoms with Crippen molar-refractivity contribution in [3.8, 4) is 0 Å². The quantitative estimate of drug-likeness (QED) is 0.519. The van der Waals surface area contributed by atoms with E-state index in [0.717, 1.165) is 11.5 Å². The molecule has 0 aliphatic heterocycles. The number of hydrogen-bond donors (Lipinski definition) is 1. The first-order valence-corrected chi connectivity index (χ1v) is 5.78. The molecule has 1 aromatic carbocycles. The van der Waals surface area contributed by atoms with E-state index in [1.807, 2.05) is 19.1 Å². The van der Waals surface area contributed by atoms with E-state index in [4.69, 9.17) is 10.2 Å². The van der Waals surface area contributed by atoms with Crippen molar-refractivity contribution in [2.24, 2.45) is 0 Å². The third-order valence-electron chi connectivity index (χ3n) is 2.83. The van der Waals surface area contributed by atoms with Crippen LogP contribution in [0, 0.1) is 17.0 Å². The Labute approximate surface area is 110 Å². The summed E-state index contributed by atoms with van der Waals surface area (Å²) in [5.41, 5.74) is 6.22. The van der Waals surface area contributed by atoms with Gasteiger partial charge >= 0.3 is 5.69 Å². The molecule has 6 nitrogen and oxygen atoms in total. The van der Waals surface area contributed by atoms with E-state index in [9.17, 15) is 10.1 Å². The first-order chi connectivity index (χ1) is 8.99. The van der Waals surface area contributed by atoms with Crippen molar-refractivity contribution in [3.63, 3.8) is 0 Å². The fourth-order valence-electron chi connectivity index (χ4n) is 1.94. The number of nitrogens with two attached hydrogens (primary N) is 1. The minimum Gasteiger partial charge on any atom is -0.464 e. The maximum Gasteiger partial charge on any atom is 0.315 e. The molecule has 1 aromatic heterocycles. The summed E-state index contributed by atoms with van der Waals surface area (Å²) in [6.45, 7) is 2.30. The highest BCUT2D eigenvalue weighted by Crippen LogP contribution is 2.33. The Balaban J connectivity index is 2.31. The third-order valence-corrected chi connectivity index (χ3v) is 2.83. The van der Waals surface area contributed by atoms with Crippen molar-refractivity contribution in [3.05, 3.63) is 52.0 Å². The molecule has 0 amide bonds. The summed E-state index contributed by atoms with van der Waals surface area (Å²) >= 11 is 0. The molecule has 0 fully saturated rings. The largest absolute Gasteiger partial charge is 0.464 e. The summed E-state index contributed by atoms with van der Waals surface area (Å²) in [7, 11) is 1.76. The number of nitro groups is 1. The van der Waals surface area contributed by atoms with Crippen molar-refractivity contribution < 1.29 is 9.34 Å². The molecule has 0 saturated carbocycles. The molecule has 0 unspecified atom stereocenters. The molecule has 100 valence electrons. The zero-order valence-corrected chi connectivity index (χ0v) is 10.8. The lowest BCUT2D eigenvalue weighted by molar-refractivity contribution is -0.383. The molecule has 0 bridgehead atoms. The number of rotatable bonds is 4. The van der Waals surface area contributed by atoms with Gasteiger partial charge in [0.05, 0.1) is 11.5 Å². The van der Waals surface area contributed by atoms with E-state index >= 15 is 0 Å². The molecule has 2 rings (SSSR count). The van der Waals surface area contributed by atoms with Crippen LogP contribution < -0.4 is 10.6 Å². The Kier molecular flexibility index (Phi) is 3.41. The summed E-state index contributed by atoms with van der Waals surface area (Å²) in [6.07, 6.45) is 0. The highest BCUT2D eigenvalue weighted by molar-refractivity contribution is 5.75. The van der Waals surface area contributed by atoms with Crippen LogP contribution in [0.4, 0.5) is 17.1 Å². The SMILES string of the molecule is Cc1ccc(CN(C)c2cccc(N)c2[N+](=O)[O-])o1. The minimum absolute atomic E-state index is 0.0757. The monoisotopic (exact) mass is 261 g/mol. The van der Waals surface area contributed by atoms with E-state index in [-0.39, 0.29) is 11.4 Å². The van der Waals surface area contributed by atoms with Crippen LogP contribution in [0.25, 0.3) is 0 Å². The van der Waals surface area contributed by atoms with Gasteiger partial charge in [-0.3, -0.25) is 10.1 Å². The van der Waals surface area contributed by atoms with E-state index < -0.39 is 4.92 Å². The lowest BCUT2D eigenvalue weighted by Crippen LogP contribution is -2.17. The fourth-order valence-corrected chi connectivity index (χ4v) is 1.94. The van der Waals surface area contributed by atoms with Crippen LogP contribution in [0.3, 0.4) is 0 Å². The molecule has 0 spiro atoms. The van der Waals surface area contributed by atoms with Crippen LogP contribution in [0.15, 0.2) is 34.7 Å². The Morgan fingerprint density at radius 2 is 2.11 bits per heavy atom. The molecule has 0 saturated heterocycles. The number of nitrogens with zero attached hydrogens (tertiary/aromatic N) is 2.